The van der Waals surface area contributed by atoms with Gasteiger partial charge in [0.25, 0.3) is 0 Å². The Morgan fingerprint density at radius 1 is 1.38 bits per heavy atom. The minimum absolute atomic E-state index is 0.0129. The molecule has 0 aliphatic rings. The second-order valence-corrected chi connectivity index (χ2v) is 3.18. The number of pyridine rings is 1. The van der Waals surface area contributed by atoms with Crippen molar-refractivity contribution in [3.8, 4) is 5.88 Å². The Bertz CT molecular complexity index is 352. The molecule has 6 heteroatoms. The second-order valence-electron chi connectivity index (χ2n) is 3.18. The minimum atomic E-state index is -4.39. The third kappa shape index (κ3) is 3.29. The van der Waals surface area contributed by atoms with Crippen LogP contribution in [0.5, 0.6) is 5.88 Å². The highest BCUT2D eigenvalue weighted by molar-refractivity contribution is 5.42. The Balaban J connectivity index is 3.01. The number of nitrogens with zero attached hydrogens (tertiary/aromatic N) is 1. The van der Waals surface area contributed by atoms with Gasteiger partial charge in [-0.3, -0.25) is 0 Å². The van der Waals surface area contributed by atoms with Crippen LogP contribution in [-0.2, 0) is 6.18 Å². The first kappa shape index (κ1) is 12.6. The minimum Gasteiger partial charge on any atom is -0.478 e. The molecule has 0 atom stereocenters. The zero-order chi connectivity index (χ0) is 12.2. The molecule has 0 aromatic carbocycles. The normalized spacial score (nSPS) is 11.3. The van der Waals surface area contributed by atoms with Crippen molar-refractivity contribution in [1.82, 2.24) is 4.98 Å². The second kappa shape index (κ2) is 5.05. The average molecular weight is 234 g/mol. The van der Waals surface area contributed by atoms with Crippen molar-refractivity contribution in [3.05, 3.63) is 17.7 Å². The first-order valence-corrected chi connectivity index (χ1v) is 4.87. The van der Waals surface area contributed by atoms with Crippen molar-refractivity contribution in [2.75, 3.05) is 19.0 Å². The Labute approximate surface area is 91.6 Å². The van der Waals surface area contributed by atoms with E-state index in [1.807, 2.05) is 6.92 Å². The van der Waals surface area contributed by atoms with Crippen LogP contribution >= 0.6 is 0 Å². The smallest absolute Gasteiger partial charge is 0.416 e. The summed E-state index contributed by atoms with van der Waals surface area (Å²) in [6, 6.07) is 1.84. The third-order valence-electron chi connectivity index (χ3n) is 1.84. The van der Waals surface area contributed by atoms with E-state index >= 15 is 0 Å². The topological polar surface area (TPSA) is 34.1 Å². The third-order valence-corrected chi connectivity index (χ3v) is 1.84. The first-order valence-electron chi connectivity index (χ1n) is 4.87. The summed E-state index contributed by atoms with van der Waals surface area (Å²) in [5, 5.41) is 2.57. The van der Waals surface area contributed by atoms with Crippen LogP contribution in [0.15, 0.2) is 12.1 Å². The number of hydrogen-bond acceptors (Lipinski definition) is 3. The maximum atomic E-state index is 12.5. The van der Waals surface area contributed by atoms with Crippen LogP contribution in [0, 0.1) is 0 Å². The highest BCUT2D eigenvalue weighted by Gasteiger charge is 2.31. The van der Waals surface area contributed by atoms with Crippen LogP contribution in [0.2, 0.25) is 0 Å². The molecule has 1 rings (SSSR count). The van der Waals surface area contributed by atoms with Gasteiger partial charge in [0.15, 0.2) is 0 Å². The van der Waals surface area contributed by atoms with Gasteiger partial charge in [-0.1, -0.05) is 6.92 Å². The van der Waals surface area contributed by atoms with Gasteiger partial charge in [-0.2, -0.15) is 18.2 Å². The molecule has 0 amide bonds. The molecule has 1 N–H and O–H groups in total. The SMILES string of the molecule is CCCOc1cc(C(F)(F)F)cc(NC)n1. The fourth-order valence-corrected chi connectivity index (χ4v) is 1.08. The fourth-order valence-electron chi connectivity index (χ4n) is 1.08. The number of hydrogen-bond donors (Lipinski definition) is 1. The zero-order valence-electron chi connectivity index (χ0n) is 9.06. The predicted molar refractivity (Wildman–Crippen MR) is 54.6 cm³/mol. The van der Waals surface area contributed by atoms with Crippen molar-refractivity contribution in [3.63, 3.8) is 0 Å². The molecule has 1 heterocycles. The lowest BCUT2D eigenvalue weighted by Gasteiger charge is -2.11. The van der Waals surface area contributed by atoms with Gasteiger partial charge in [0.2, 0.25) is 5.88 Å². The predicted octanol–water partition coefficient (Wildman–Crippen LogP) is 2.93. The number of anilines is 1. The molecule has 1 aromatic rings. The summed E-state index contributed by atoms with van der Waals surface area (Å²) in [6.07, 6.45) is -3.67. The molecule has 0 fully saturated rings. The number of aromatic nitrogens is 1. The van der Waals surface area contributed by atoms with E-state index < -0.39 is 11.7 Å². The fraction of sp³-hybridized carbons (Fsp3) is 0.500. The van der Waals surface area contributed by atoms with E-state index in [1.54, 1.807) is 0 Å². The number of alkyl halides is 3. The number of nitrogens with one attached hydrogen (secondary N) is 1. The maximum Gasteiger partial charge on any atom is 0.416 e. The summed E-state index contributed by atoms with van der Waals surface area (Å²) in [7, 11) is 1.51. The maximum absolute atomic E-state index is 12.5. The van der Waals surface area contributed by atoms with E-state index in [-0.39, 0.29) is 11.7 Å². The van der Waals surface area contributed by atoms with Crippen molar-refractivity contribution >= 4 is 5.82 Å². The molecule has 0 aliphatic heterocycles. The van der Waals surface area contributed by atoms with E-state index in [9.17, 15) is 13.2 Å². The summed E-state index contributed by atoms with van der Waals surface area (Å²) >= 11 is 0. The van der Waals surface area contributed by atoms with Crippen LogP contribution in [-0.4, -0.2) is 18.6 Å². The molecule has 0 aliphatic carbocycles. The highest BCUT2D eigenvalue weighted by Crippen LogP contribution is 2.32. The Hall–Kier alpha value is -1.46. The van der Waals surface area contributed by atoms with Crippen LogP contribution in [0.1, 0.15) is 18.9 Å². The van der Waals surface area contributed by atoms with Crippen LogP contribution < -0.4 is 10.1 Å². The van der Waals surface area contributed by atoms with E-state index in [0.717, 1.165) is 12.1 Å². The van der Waals surface area contributed by atoms with Gasteiger partial charge in [-0.25, -0.2) is 0 Å². The van der Waals surface area contributed by atoms with E-state index in [1.165, 1.54) is 7.05 Å². The lowest BCUT2D eigenvalue weighted by atomic mass is 10.2. The quantitative estimate of drug-likeness (QED) is 0.869. The highest BCUT2D eigenvalue weighted by atomic mass is 19.4. The zero-order valence-corrected chi connectivity index (χ0v) is 9.06. The molecular formula is C10H13F3N2O. The van der Waals surface area contributed by atoms with Crippen LogP contribution in [0.3, 0.4) is 0 Å². The van der Waals surface area contributed by atoms with Gasteiger partial charge in [0.1, 0.15) is 5.82 Å². The first-order chi connectivity index (χ1) is 7.47. The summed E-state index contributed by atoms with van der Waals surface area (Å²) < 4.78 is 42.6. The number of rotatable bonds is 4. The Kier molecular flexibility index (Phi) is 3.98. The molecule has 0 unspecified atom stereocenters. The monoisotopic (exact) mass is 234 g/mol. The van der Waals surface area contributed by atoms with Crippen molar-refractivity contribution in [1.29, 1.82) is 0 Å². The van der Waals surface area contributed by atoms with E-state index in [2.05, 4.69) is 10.3 Å². The summed E-state index contributed by atoms with van der Waals surface area (Å²) in [4.78, 5) is 3.87. The van der Waals surface area contributed by atoms with Crippen molar-refractivity contribution in [2.24, 2.45) is 0 Å². The number of halogens is 3. The van der Waals surface area contributed by atoms with Gasteiger partial charge in [-0.15, -0.1) is 0 Å². The van der Waals surface area contributed by atoms with Crippen LogP contribution in [0.25, 0.3) is 0 Å². The summed E-state index contributed by atoms with van der Waals surface area (Å²) in [5.41, 5.74) is -0.766. The molecule has 3 nitrogen and oxygen atoms in total. The van der Waals surface area contributed by atoms with Crippen molar-refractivity contribution < 1.29 is 17.9 Å². The Morgan fingerprint density at radius 2 is 2.06 bits per heavy atom. The molecule has 0 bridgehead atoms. The van der Waals surface area contributed by atoms with Gasteiger partial charge >= 0.3 is 6.18 Å². The largest absolute Gasteiger partial charge is 0.478 e. The molecule has 0 saturated carbocycles. The van der Waals surface area contributed by atoms with Gasteiger partial charge < -0.3 is 10.1 Å². The lowest BCUT2D eigenvalue weighted by molar-refractivity contribution is -0.137. The number of ether oxygens (including phenoxy) is 1. The molecule has 90 valence electrons. The van der Waals surface area contributed by atoms with E-state index in [4.69, 9.17) is 4.74 Å². The lowest BCUT2D eigenvalue weighted by Crippen LogP contribution is -2.08. The Morgan fingerprint density at radius 3 is 2.56 bits per heavy atom. The van der Waals surface area contributed by atoms with Gasteiger partial charge in [-0.05, 0) is 12.5 Å². The van der Waals surface area contributed by atoms with Crippen molar-refractivity contribution in [2.45, 2.75) is 19.5 Å². The van der Waals surface area contributed by atoms with Gasteiger partial charge in [0, 0.05) is 13.1 Å². The molecule has 0 saturated heterocycles. The van der Waals surface area contributed by atoms with Gasteiger partial charge in [0.05, 0.1) is 12.2 Å². The molecule has 16 heavy (non-hydrogen) atoms. The molecule has 0 radical (unpaired) electrons. The van der Waals surface area contributed by atoms with Crippen LogP contribution in [0.4, 0.5) is 19.0 Å². The summed E-state index contributed by atoms with van der Waals surface area (Å²) in [5.74, 6) is 0.127. The standard InChI is InChI=1S/C10H13F3N2O/c1-3-4-16-9-6-7(10(11,12)13)5-8(14-2)15-9/h5-6H,3-4H2,1-2H3,(H,14,15). The molecule has 1 aromatic heterocycles. The molecular weight excluding hydrogens is 221 g/mol. The van der Waals surface area contributed by atoms with E-state index in [0.29, 0.717) is 13.0 Å². The summed E-state index contributed by atoms with van der Waals surface area (Å²) in [6.45, 7) is 2.21. The molecule has 0 spiro atoms. The average Bonchev–Trinajstić information content (AvgIpc) is 2.24.